The van der Waals surface area contributed by atoms with E-state index >= 15 is 0 Å². The number of hydrogen-bond donors (Lipinski definition) is 0. The number of benzene rings is 12. The molecule has 0 radical (unpaired) electrons. The van der Waals surface area contributed by atoms with E-state index in [1.807, 2.05) is 0 Å². The first-order chi connectivity index (χ1) is 35.6. The molecule has 0 atom stereocenters. The smallest absolute Gasteiger partial charge is 0.0547 e. The Balaban J connectivity index is 1.16. The number of fused-ring (bicyclic) bond motifs is 4. The van der Waals surface area contributed by atoms with Crippen molar-refractivity contribution in [2.45, 2.75) is 65.2 Å². The molecular weight excluding hydrogens is 869 g/mol. The number of rotatable bonds is 8. The van der Waals surface area contributed by atoms with Gasteiger partial charge in [0, 0.05) is 43.7 Å². The molecule has 0 amide bonds. The van der Waals surface area contributed by atoms with Crippen LogP contribution in [0.2, 0.25) is 0 Å². The molecule has 0 fully saturated rings. The second-order valence-electron chi connectivity index (χ2n) is 20.6. The molecule has 0 N–H and O–H groups in total. The Morgan fingerprint density at radius 2 is 0.667 bits per heavy atom. The minimum atomic E-state index is 1.07. The van der Waals surface area contributed by atoms with Crippen LogP contribution < -0.4 is 9.80 Å². The van der Waals surface area contributed by atoms with Gasteiger partial charge in [-0.2, -0.15) is 0 Å². The van der Waals surface area contributed by atoms with Crippen molar-refractivity contribution >= 4 is 88.0 Å². The molecule has 2 aliphatic rings. The highest BCUT2D eigenvalue weighted by atomic mass is 15.2. The second kappa shape index (κ2) is 17.3. The SMILES string of the molecule is Cc1ccc(-c2cc(N(c3cccc4c3CCCC4)c3cccc4ccccc34)c3ccc4c(-c5ccc(C)cc5)cc(N(c5cccc6c5CCCC6)c5cccc6ccccc56)c5ccc2c3c45)cc1. The number of nitrogens with zero attached hydrogens (tertiary/aromatic N) is 2. The molecule has 72 heavy (non-hydrogen) atoms. The third-order valence-electron chi connectivity index (χ3n) is 16.3. The molecule has 2 nitrogen and oxygen atoms in total. The van der Waals surface area contributed by atoms with Gasteiger partial charge in [0.15, 0.2) is 0 Å². The van der Waals surface area contributed by atoms with Crippen molar-refractivity contribution in [1.82, 2.24) is 0 Å². The van der Waals surface area contributed by atoms with Crippen LogP contribution in [0.25, 0.3) is 76.1 Å². The van der Waals surface area contributed by atoms with Gasteiger partial charge in [-0.15, -0.1) is 0 Å². The third kappa shape index (κ3) is 6.91. The van der Waals surface area contributed by atoms with Gasteiger partial charge in [0.1, 0.15) is 0 Å². The van der Waals surface area contributed by atoms with Gasteiger partial charge in [-0.25, -0.2) is 0 Å². The van der Waals surface area contributed by atoms with Gasteiger partial charge >= 0.3 is 0 Å². The molecule has 12 aromatic carbocycles. The summed E-state index contributed by atoms with van der Waals surface area (Å²) in [6, 6.07) is 79.1. The van der Waals surface area contributed by atoms with Crippen LogP contribution in [-0.2, 0) is 25.7 Å². The number of hydrogen-bond acceptors (Lipinski definition) is 2. The van der Waals surface area contributed by atoms with Gasteiger partial charge in [-0.05, 0) is 168 Å². The van der Waals surface area contributed by atoms with Gasteiger partial charge in [-0.3, -0.25) is 0 Å². The Labute approximate surface area is 422 Å². The summed E-state index contributed by atoms with van der Waals surface area (Å²) < 4.78 is 0. The lowest BCUT2D eigenvalue weighted by atomic mass is 9.84. The summed E-state index contributed by atoms with van der Waals surface area (Å²) in [6.07, 6.45) is 9.22. The highest BCUT2D eigenvalue weighted by Gasteiger charge is 2.29. The highest BCUT2D eigenvalue weighted by molar-refractivity contribution is 6.33. The molecule has 0 aromatic heterocycles. The van der Waals surface area contributed by atoms with Gasteiger partial charge in [0.25, 0.3) is 0 Å². The van der Waals surface area contributed by atoms with E-state index in [-0.39, 0.29) is 0 Å². The summed E-state index contributed by atoms with van der Waals surface area (Å²) in [5.41, 5.74) is 20.7. The summed E-state index contributed by atoms with van der Waals surface area (Å²) >= 11 is 0. The highest BCUT2D eigenvalue weighted by Crippen LogP contribution is 2.54. The fourth-order valence-corrected chi connectivity index (χ4v) is 12.8. The summed E-state index contributed by atoms with van der Waals surface area (Å²) in [5, 5.41) is 12.6. The summed E-state index contributed by atoms with van der Waals surface area (Å²) in [4.78, 5) is 5.30. The van der Waals surface area contributed by atoms with Crippen molar-refractivity contribution in [3.05, 3.63) is 240 Å². The predicted octanol–water partition coefficient (Wildman–Crippen LogP) is 19.5. The molecule has 0 saturated heterocycles. The molecule has 0 bridgehead atoms. The minimum absolute atomic E-state index is 1.07. The zero-order chi connectivity index (χ0) is 47.9. The van der Waals surface area contributed by atoms with Crippen molar-refractivity contribution < 1.29 is 0 Å². The maximum absolute atomic E-state index is 2.65. The Hall–Kier alpha value is -8.20. The van der Waals surface area contributed by atoms with Crippen LogP contribution in [0, 0.1) is 13.8 Å². The standard InChI is InChI=1S/C70H56N2/c1-45-31-35-51(36-32-45)61-43-67(71(63-27-11-19-47-15-3-7-23-53(47)63)64-28-12-20-48-16-4-8-24-54(48)64)59-42-40-58-62(52-37-33-46(2)34-38-52)44-68(60-41-39-57(61)69(59)70(58)60)72(65-29-13-21-49-17-5-9-25-55(49)65)66-30-14-22-50-18-6-10-26-56(50)66/h3,5,7,9,11-15,17,19-23,25,27-44H,4,6,8,10,16,18,24,26H2,1-2H3. The van der Waals surface area contributed by atoms with Gasteiger partial charge in [0.05, 0.1) is 22.7 Å². The molecule has 2 aliphatic carbocycles. The molecule has 2 heteroatoms. The Kier molecular flexibility index (Phi) is 10.2. The summed E-state index contributed by atoms with van der Waals surface area (Å²) in [6.45, 7) is 4.39. The van der Waals surface area contributed by atoms with E-state index in [1.54, 1.807) is 0 Å². The van der Waals surface area contributed by atoms with Crippen LogP contribution >= 0.6 is 0 Å². The zero-order valence-corrected chi connectivity index (χ0v) is 41.2. The Bertz CT molecular complexity index is 3790. The monoisotopic (exact) mass is 924 g/mol. The fraction of sp³-hybridized carbons (Fsp3) is 0.143. The molecule has 0 spiro atoms. The van der Waals surface area contributed by atoms with Crippen LogP contribution in [0.1, 0.15) is 59.1 Å². The molecule has 0 unspecified atom stereocenters. The van der Waals surface area contributed by atoms with E-state index in [0.717, 1.165) is 25.7 Å². The van der Waals surface area contributed by atoms with E-state index < -0.39 is 0 Å². The largest absolute Gasteiger partial charge is 0.309 e. The average molecular weight is 925 g/mol. The van der Waals surface area contributed by atoms with E-state index in [4.69, 9.17) is 0 Å². The van der Waals surface area contributed by atoms with E-state index in [2.05, 4.69) is 230 Å². The van der Waals surface area contributed by atoms with Gasteiger partial charge in [0.2, 0.25) is 0 Å². The first-order valence-corrected chi connectivity index (χ1v) is 26.3. The first-order valence-electron chi connectivity index (χ1n) is 26.3. The third-order valence-corrected chi connectivity index (χ3v) is 16.3. The molecule has 12 aromatic rings. The van der Waals surface area contributed by atoms with Crippen LogP contribution in [0.5, 0.6) is 0 Å². The van der Waals surface area contributed by atoms with Gasteiger partial charge in [-0.1, -0.05) is 181 Å². The average Bonchev–Trinajstić information content (AvgIpc) is 3.43. The van der Waals surface area contributed by atoms with Crippen molar-refractivity contribution in [1.29, 1.82) is 0 Å². The van der Waals surface area contributed by atoms with Crippen LogP contribution in [0.15, 0.2) is 206 Å². The van der Waals surface area contributed by atoms with E-state index in [9.17, 15) is 0 Å². The number of anilines is 6. The van der Waals surface area contributed by atoms with Crippen molar-refractivity contribution in [2.24, 2.45) is 0 Å². The van der Waals surface area contributed by atoms with Crippen LogP contribution in [0.3, 0.4) is 0 Å². The van der Waals surface area contributed by atoms with Gasteiger partial charge < -0.3 is 9.80 Å². The minimum Gasteiger partial charge on any atom is -0.309 e. The molecule has 0 aliphatic heterocycles. The van der Waals surface area contributed by atoms with Crippen molar-refractivity contribution in [2.75, 3.05) is 9.80 Å². The maximum Gasteiger partial charge on any atom is 0.0547 e. The topological polar surface area (TPSA) is 6.48 Å². The predicted molar refractivity (Wildman–Crippen MR) is 308 cm³/mol. The van der Waals surface area contributed by atoms with Crippen LogP contribution in [0.4, 0.5) is 34.1 Å². The van der Waals surface area contributed by atoms with E-state index in [0.29, 0.717) is 0 Å². The first kappa shape index (κ1) is 42.7. The lowest BCUT2D eigenvalue weighted by Gasteiger charge is -2.34. The second-order valence-corrected chi connectivity index (χ2v) is 20.6. The Morgan fingerprint density at radius 3 is 1.12 bits per heavy atom. The molecular formula is C70H56N2. The van der Waals surface area contributed by atoms with Crippen molar-refractivity contribution in [3.63, 3.8) is 0 Å². The molecule has 0 saturated carbocycles. The zero-order valence-electron chi connectivity index (χ0n) is 41.2. The quantitative estimate of drug-likeness (QED) is 0.140. The fourth-order valence-electron chi connectivity index (χ4n) is 12.8. The van der Waals surface area contributed by atoms with Crippen LogP contribution in [-0.4, -0.2) is 0 Å². The molecule has 346 valence electrons. The molecule has 14 rings (SSSR count). The summed E-state index contributed by atoms with van der Waals surface area (Å²) in [7, 11) is 0. The summed E-state index contributed by atoms with van der Waals surface area (Å²) in [5.74, 6) is 0. The maximum atomic E-state index is 2.65. The lowest BCUT2D eigenvalue weighted by Crippen LogP contribution is -2.17. The van der Waals surface area contributed by atoms with E-state index in [1.165, 1.54) is 169 Å². The normalized spacial score (nSPS) is 13.5. The lowest BCUT2D eigenvalue weighted by molar-refractivity contribution is 0.686. The molecule has 0 heterocycles. The van der Waals surface area contributed by atoms with Crippen molar-refractivity contribution in [3.8, 4) is 22.3 Å². The Morgan fingerprint density at radius 1 is 0.292 bits per heavy atom. The number of aryl methyl sites for hydroxylation is 4.